The van der Waals surface area contributed by atoms with E-state index in [-0.39, 0.29) is 11.3 Å². The fourth-order valence-corrected chi connectivity index (χ4v) is 3.35. The number of aromatic hydroxyl groups is 1. The van der Waals surface area contributed by atoms with Gasteiger partial charge in [-0.3, -0.25) is 0 Å². The molecule has 4 heteroatoms. The van der Waals surface area contributed by atoms with E-state index in [1.165, 1.54) is 11.3 Å². The van der Waals surface area contributed by atoms with Crippen molar-refractivity contribution in [1.29, 1.82) is 0 Å². The minimum absolute atomic E-state index is 0.146. The van der Waals surface area contributed by atoms with Gasteiger partial charge in [0.2, 0.25) is 0 Å². The summed E-state index contributed by atoms with van der Waals surface area (Å²) in [5.41, 5.74) is 3.45. The van der Waals surface area contributed by atoms with Crippen molar-refractivity contribution >= 4 is 5.69 Å². The van der Waals surface area contributed by atoms with Crippen LogP contribution in [0.3, 0.4) is 0 Å². The molecule has 0 saturated carbocycles. The van der Waals surface area contributed by atoms with Crippen LogP contribution >= 0.6 is 0 Å². The van der Waals surface area contributed by atoms with Crippen LogP contribution in [-0.4, -0.2) is 32.4 Å². The summed E-state index contributed by atoms with van der Waals surface area (Å²) < 4.78 is 5.83. The summed E-state index contributed by atoms with van der Waals surface area (Å²) in [6.07, 6.45) is 3.00. The summed E-state index contributed by atoms with van der Waals surface area (Å²) >= 11 is 0. The summed E-state index contributed by atoms with van der Waals surface area (Å²) in [6.45, 7) is 3.87. The third-order valence-corrected chi connectivity index (χ3v) is 4.58. The standard InChI is InChI=1S/C15H22N2O2/c1-15(16-2)6-4-8-19-14-11(18)9-10-5-7-17(3)13(10)12(14)15/h9,16,18H,4-8H2,1-3H3. The molecular weight excluding hydrogens is 240 g/mol. The second kappa shape index (κ2) is 4.30. The molecule has 1 unspecified atom stereocenters. The van der Waals surface area contributed by atoms with Gasteiger partial charge in [0.25, 0.3) is 0 Å². The number of phenols is 1. The van der Waals surface area contributed by atoms with E-state index in [0.29, 0.717) is 12.4 Å². The monoisotopic (exact) mass is 262 g/mol. The number of nitrogens with one attached hydrogen (secondary N) is 1. The van der Waals surface area contributed by atoms with Crippen LogP contribution in [0.15, 0.2) is 6.07 Å². The molecule has 0 amide bonds. The van der Waals surface area contributed by atoms with Gasteiger partial charge in [-0.1, -0.05) is 0 Å². The van der Waals surface area contributed by atoms with Crippen molar-refractivity contribution in [2.75, 3.05) is 32.1 Å². The van der Waals surface area contributed by atoms with Gasteiger partial charge in [-0.05, 0) is 44.9 Å². The molecule has 0 saturated heterocycles. The SMILES string of the molecule is CNC1(C)CCCOc2c(O)cc3c(c21)N(C)CC3. The minimum atomic E-state index is -0.146. The zero-order chi connectivity index (χ0) is 13.6. The number of ether oxygens (including phenoxy) is 1. The van der Waals surface area contributed by atoms with E-state index in [0.717, 1.165) is 31.4 Å². The fraction of sp³-hybridized carbons (Fsp3) is 0.600. The van der Waals surface area contributed by atoms with E-state index in [4.69, 9.17) is 4.74 Å². The van der Waals surface area contributed by atoms with Crippen molar-refractivity contribution in [1.82, 2.24) is 5.32 Å². The molecule has 1 aromatic rings. The van der Waals surface area contributed by atoms with Crippen LogP contribution in [0.4, 0.5) is 5.69 Å². The summed E-state index contributed by atoms with van der Waals surface area (Å²) in [4.78, 5) is 2.28. The molecule has 4 nitrogen and oxygen atoms in total. The first-order chi connectivity index (χ1) is 9.07. The topological polar surface area (TPSA) is 44.7 Å². The van der Waals surface area contributed by atoms with Gasteiger partial charge in [-0.2, -0.15) is 0 Å². The van der Waals surface area contributed by atoms with E-state index < -0.39 is 0 Å². The second-order valence-electron chi connectivity index (χ2n) is 5.81. The Hall–Kier alpha value is -1.42. The van der Waals surface area contributed by atoms with Crippen LogP contribution < -0.4 is 15.0 Å². The van der Waals surface area contributed by atoms with Crippen molar-refractivity contribution in [3.05, 3.63) is 17.2 Å². The zero-order valence-electron chi connectivity index (χ0n) is 11.9. The van der Waals surface area contributed by atoms with E-state index in [1.54, 1.807) is 0 Å². The first-order valence-corrected chi connectivity index (χ1v) is 6.99. The van der Waals surface area contributed by atoms with Gasteiger partial charge in [0.1, 0.15) is 0 Å². The molecule has 1 aromatic carbocycles. The number of rotatable bonds is 1. The second-order valence-corrected chi connectivity index (χ2v) is 5.81. The number of fused-ring (bicyclic) bond motifs is 3. The number of hydrogen-bond donors (Lipinski definition) is 2. The maximum absolute atomic E-state index is 10.3. The van der Waals surface area contributed by atoms with Crippen LogP contribution in [0.5, 0.6) is 11.5 Å². The zero-order valence-corrected chi connectivity index (χ0v) is 11.9. The van der Waals surface area contributed by atoms with Gasteiger partial charge in [-0.25, -0.2) is 0 Å². The number of likely N-dealkylation sites (N-methyl/N-ethyl adjacent to an activating group) is 1. The molecule has 104 valence electrons. The maximum Gasteiger partial charge on any atom is 0.168 e. The first kappa shape index (κ1) is 12.6. The quantitative estimate of drug-likeness (QED) is 0.812. The molecule has 0 spiro atoms. The normalized spacial score (nSPS) is 25.5. The lowest BCUT2D eigenvalue weighted by Gasteiger charge is -2.33. The molecule has 0 bridgehead atoms. The van der Waals surface area contributed by atoms with Crippen molar-refractivity contribution < 1.29 is 9.84 Å². The van der Waals surface area contributed by atoms with Crippen molar-refractivity contribution in [2.24, 2.45) is 0 Å². The number of phenolic OH excluding ortho intramolecular Hbond substituents is 1. The highest BCUT2D eigenvalue weighted by molar-refractivity contribution is 5.73. The van der Waals surface area contributed by atoms with Crippen LogP contribution in [-0.2, 0) is 12.0 Å². The molecule has 1 atom stereocenters. The lowest BCUT2D eigenvalue weighted by Crippen LogP contribution is -2.37. The van der Waals surface area contributed by atoms with Gasteiger partial charge in [-0.15, -0.1) is 0 Å². The molecule has 0 aromatic heterocycles. The van der Waals surface area contributed by atoms with Gasteiger partial charge in [0.05, 0.1) is 6.61 Å². The average Bonchev–Trinajstić information content (AvgIpc) is 2.65. The fourth-order valence-electron chi connectivity index (χ4n) is 3.35. The summed E-state index contributed by atoms with van der Waals surface area (Å²) in [5.74, 6) is 0.953. The highest BCUT2D eigenvalue weighted by Crippen LogP contribution is 2.50. The molecule has 0 fully saturated rings. The number of benzene rings is 1. The highest BCUT2D eigenvalue weighted by atomic mass is 16.5. The number of nitrogens with zero attached hydrogens (tertiary/aromatic N) is 1. The molecule has 2 heterocycles. The Kier molecular flexibility index (Phi) is 2.86. The smallest absolute Gasteiger partial charge is 0.168 e. The molecule has 0 radical (unpaired) electrons. The summed E-state index contributed by atoms with van der Waals surface area (Å²) in [7, 11) is 4.10. The Morgan fingerprint density at radius 2 is 2.26 bits per heavy atom. The average molecular weight is 262 g/mol. The van der Waals surface area contributed by atoms with Crippen LogP contribution in [0, 0.1) is 0 Å². The lowest BCUT2D eigenvalue weighted by molar-refractivity contribution is 0.295. The molecule has 0 aliphatic carbocycles. The number of anilines is 1. The van der Waals surface area contributed by atoms with Crippen LogP contribution in [0.25, 0.3) is 0 Å². The van der Waals surface area contributed by atoms with E-state index >= 15 is 0 Å². The molecule has 19 heavy (non-hydrogen) atoms. The third-order valence-electron chi connectivity index (χ3n) is 4.58. The summed E-state index contributed by atoms with van der Waals surface area (Å²) in [6, 6.07) is 1.87. The van der Waals surface area contributed by atoms with Gasteiger partial charge in [0, 0.05) is 30.4 Å². The van der Waals surface area contributed by atoms with Crippen LogP contribution in [0.2, 0.25) is 0 Å². The maximum atomic E-state index is 10.3. The van der Waals surface area contributed by atoms with E-state index in [9.17, 15) is 5.11 Å². The first-order valence-electron chi connectivity index (χ1n) is 6.99. The van der Waals surface area contributed by atoms with Crippen LogP contribution in [0.1, 0.15) is 30.9 Å². The highest BCUT2D eigenvalue weighted by Gasteiger charge is 2.38. The predicted octanol–water partition coefficient (Wildman–Crippen LogP) is 1.99. The van der Waals surface area contributed by atoms with E-state index in [1.807, 2.05) is 13.1 Å². The van der Waals surface area contributed by atoms with Gasteiger partial charge >= 0.3 is 0 Å². The Morgan fingerprint density at radius 1 is 1.47 bits per heavy atom. The molecular formula is C15H22N2O2. The minimum Gasteiger partial charge on any atom is -0.504 e. The molecule has 2 aliphatic heterocycles. The van der Waals surface area contributed by atoms with Crippen molar-refractivity contribution in [2.45, 2.75) is 31.7 Å². The lowest BCUT2D eigenvalue weighted by atomic mass is 9.84. The largest absolute Gasteiger partial charge is 0.504 e. The molecule has 3 rings (SSSR count). The van der Waals surface area contributed by atoms with Crippen molar-refractivity contribution in [3.63, 3.8) is 0 Å². The van der Waals surface area contributed by atoms with E-state index in [2.05, 4.69) is 24.2 Å². The number of hydrogen-bond acceptors (Lipinski definition) is 4. The molecule has 2 N–H and O–H groups in total. The summed E-state index contributed by atoms with van der Waals surface area (Å²) in [5, 5.41) is 13.7. The Balaban J connectivity index is 2.29. The molecule has 2 aliphatic rings. The van der Waals surface area contributed by atoms with Crippen molar-refractivity contribution in [3.8, 4) is 11.5 Å². The third kappa shape index (κ3) is 1.77. The Morgan fingerprint density at radius 3 is 3.00 bits per heavy atom. The van der Waals surface area contributed by atoms with Gasteiger partial charge < -0.3 is 20.1 Å². The Labute approximate surface area is 114 Å². The Bertz CT molecular complexity index is 515. The van der Waals surface area contributed by atoms with Gasteiger partial charge in [0.15, 0.2) is 11.5 Å². The predicted molar refractivity (Wildman–Crippen MR) is 76.2 cm³/mol.